The van der Waals surface area contributed by atoms with Crippen molar-refractivity contribution >= 4 is 33.0 Å². The molecule has 0 fully saturated rings. The minimum Gasteiger partial charge on any atom is -0.359 e. The van der Waals surface area contributed by atoms with Gasteiger partial charge in [0.15, 0.2) is 0 Å². The average Bonchev–Trinajstić information content (AvgIpc) is 2.67. The van der Waals surface area contributed by atoms with E-state index in [1.165, 1.54) is 41.0 Å². The molecule has 1 heterocycles. The number of benzene rings is 2. The molecule has 0 unspecified atom stereocenters. The predicted molar refractivity (Wildman–Crippen MR) is 106 cm³/mol. The second-order valence-electron chi connectivity index (χ2n) is 6.57. The largest absolute Gasteiger partial charge is 0.405 e. The maximum absolute atomic E-state index is 13.0. The van der Waals surface area contributed by atoms with Crippen molar-refractivity contribution in [2.75, 3.05) is 39.9 Å². The highest BCUT2D eigenvalue weighted by Gasteiger charge is 2.35. The third-order valence-electron chi connectivity index (χ3n) is 4.51. The van der Waals surface area contributed by atoms with Gasteiger partial charge in [0.1, 0.15) is 6.54 Å². The van der Waals surface area contributed by atoms with E-state index in [0.29, 0.717) is 22.6 Å². The van der Waals surface area contributed by atoms with E-state index in [1.807, 2.05) is 0 Å². The van der Waals surface area contributed by atoms with Gasteiger partial charge in [0.2, 0.25) is 10.0 Å². The Bertz CT molecular complexity index is 992. The average molecular weight is 427 g/mol. The van der Waals surface area contributed by atoms with Crippen molar-refractivity contribution in [3.05, 3.63) is 54.1 Å². The first-order valence-corrected chi connectivity index (χ1v) is 10.6. The molecule has 3 rings (SSSR count). The molecule has 29 heavy (non-hydrogen) atoms. The van der Waals surface area contributed by atoms with Gasteiger partial charge in [0.05, 0.1) is 17.1 Å². The Kier molecular flexibility index (Phi) is 5.74. The van der Waals surface area contributed by atoms with Crippen molar-refractivity contribution in [1.82, 2.24) is 0 Å². The maximum Gasteiger partial charge on any atom is 0.405 e. The second-order valence-corrected chi connectivity index (χ2v) is 8.58. The topological polar surface area (TPSA) is 69.7 Å². The van der Waals surface area contributed by atoms with Gasteiger partial charge >= 0.3 is 6.18 Å². The molecule has 0 bridgehead atoms. The van der Waals surface area contributed by atoms with E-state index < -0.39 is 22.7 Å². The summed E-state index contributed by atoms with van der Waals surface area (Å²) in [7, 11) is -3.43. The lowest BCUT2D eigenvalue weighted by atomic mass is 10.1. The zero-order valence-electron chi connectivity index (χ0n) is 15.6. The lowest BCUT2D eigenvalue weighted by Crippen LogP contribution is -2.47. The van der Waals surface area contributed by atoms with Gasteiger partial charge in [-0.3, -0.25) is 9.52 Å². The Morgan fingerprint density at radius 1 is 1.03 bits per heavy atom. The van der Waals surface area contributed by atoms with Crippen molar-refractivity contribution in [1.29, 1.82) is 0 Å². The molecule has 1 aliphatic rings. The standard InChI is InChI=1S/C19H20F3N3O3S/c1-2-29(27,28)23-15-9-7-14(8-10-15)18(26)25-12-11-24(13-19(20,21)22)16-5-3-4-6-17(16)25/h3-10,23H,2,11-13H2,1H3. The van der Waals surface area contributed by atoms with Crippen LogP contribution in [0.25, 0.3) is 0 Å². The second kappa shape index (κ2) is 7.94. The summed E-state index contributed by atoms with van der Waals surface area (Å²) in [6, 6.07) is 12.4. The Morgan fingerprint density at radius 3 is 2.24 bits per heavy atom. The molecule has 6 nitrogen and oxygen atoms in total. The molecule has 1 aliphatic heterocycles. The summed E-state index contributed by atoms with van der Waals surface area (Å²) >= 11 is 0. The molecule has 2 aromatic rings. The zero-order chi connectivity index (χ0) is 21.2. The van der Waals surface area contributed by atoms with Gasteiger partial charge in [-0.2, -0.15) is 13.2 Å². The molecule has 1 amide bonds. The van der Waals surface area contributed by atoms with Crippen LogP contribution in [0, 0.1) is 0 Å². The van der Waals surface area contributed by atoms with Crippen LogP contribution < -0.4 is 14.5 Å². The Labute approximate surface area is 167 Å². The summed E-state index contributed by atoms with van der Waals surface area (Å²) in [4.78, 5) is 15.6. The van der Waals surface area contributed by atoms with Gasteiger partial charge in [-0.25, -0.2) is 8.42 Å². The van der Waals surface area contributed by atoms with Gasteiger partial charge in [0, 0.05) is 24.3 Å². The number of halogens is 3. The van der Waals surface area contributed by atoms with Crippen LogP contribution in [0.5, 0.6) is 0 Å². The number of amides is 1. The van der Waals surface area contributed by atoms with Crippen LogP contribution in [0.2, 0.25) is 0 Å². The minimum absolute atomic E-state index is 0.0522. The number of nitrogens with one attached hydrogen (secondary N) is 1. The smallest absolute Gasteiger partial charge is 0.359 e. The first-order chi connectivity index (χ1) is 13.6. The number of hydrogen-bond acceptors (Lipinski definition) is 4. The Morgan fingerprint density at radius 2 is 1.66 bits per heavy atom. The molecule has 0 aliphatic carbocycles. The van der Waals surface area contributed by atoms with Crippen LogP contribution in [0.1, 0.15) is 17.3 Å². The number of hydrogen-bond donors (Lipinski definition) is 1. The maximum atomic E-state index is 13.0. The number of fused-ring (bicyclic) bond motifs is 1. The SMILES string of the molecule is CCS(=O)(=O)Nc1ccc(C(=O)N2CCN(CC(F)(F)F)c3ccccc32)cc1. The molecule has 10 heteroatoms. The number of carbonyl (C=O) groups excluding carboxylic acids is 1. The van der Waals surface area contributed by atoms with E-state index in [0.717, 1.165) is 0 Å². The van der Waals surface area contributed by atoms with Crippen molar-refractivity contribution in [3.8, 4) is 0 Å². The summed E-state index contributed by atoms with van der Waals surface area (Å²) in [5.41, 5.74) is 1.39. The number of sulfonamides is 1. The number of nitrogens with zero attached hydrogens (tertiary/aromatic N) is 2. The van der Waals surface area contributed by atoms with Crippen LogP contribution in [0.3, 0.4) is 0 Å². The lowest BCUT2D eigenvalue weighted by Gasteiger charge is -2.38. The molecular weight excluding hydrogens is 407 g/mol. The van der Waals surface area contributed by atoms with Gasteiger partial charge in [0.25, 0.3) is 5.91 Å². The molecular formula is C19H20F3N3O3S. The highest BCUT2D eigenvalue weighted by atomic mass is 32.2. The van der Waals surface area contributed by atoms with Crippen LogP contribution in [-0.4, -0.2) is 45.9 Å². The Balaban J connectivity index is 1.83. The van der Waals surface area contributed by atoms with E-state index >= 15 is 0 Å². The summed E-state index contributed by atoms with van der Waals surface area (Å²) in [6.07, 6.45) is -4.35. The molecule has 156 valence electrons. The molecule has 1 N–H and O–H groups in total. The number of rotatable bonds is 5. The molecule has 0 saturated carbocycles. The zero-order valence-corrected chi connectivity index (χ0v) is 16.4. The molecule has 0 aromatic heterocycles. The molecule has 0 spiro atoms. The van der Waals surface area contributed by atoms with E-state index in [9.17, 15) is 26.4 Å². The molecule has 0 saturated heterocycles. The third-order valence-corrected chi connectivity index (χ3v) is 5.81. The van der Waals surface area contributed by atoms with E-state index in [1.54, 1.807) is 24.3 Å². The molecule has 0 radical (unpaired) electrons. The first kappa shape index (κ1) is 21.0. The van der Waals surface area contributed by atoms with Gasteiger partial charge in [-0.05, 0) is 43.3 Å². The first-order valence-electron chi connectivity index (χ1n) is 8.93. The lowest BCUT2D eigenvalue weighted by molar-refractivity contribution is -0.119. The van der Waals surface area contributed by atoms with Crippen LogP contribution in [-0.2, 0) is 10.0 Å². The highest BCUT2D eigenvalue weighted by Crippen LogP contribution is 2.35. The number of alkyl halides is 3. The fraction of sp³-hybridized carbons (Fsp3) is 0.316. The summed E-state index contributed by atoms with van der Waals surface area (Å²) in [5, 5.41) is 0. The summed E-state index contributed by atoms with van der Waals surface area (Å²) in [5.74, 6) is -0.443. The van der Waals surface area contributed by atoms with Crippen molar-refractivity contribution < 1.29 is 26.4 Å². The van der Waals surface area contributed by atoms with Gasteiger partial charge in [-0.1, -0.05) is 12.1 Å². The van der Waals surface area contributed by atoms with E-state index in [2.05, 4.69) is 4.72 Å². The normalized spacial score (nSPS) is 14.5. The third kappa shape index (κ3) is 5.00. The number of para-hydroxylation sites is 2. The fourth-order valence-corrected chi connectivity index (χ4v) is 3.74. The Hall–Kier alpha value is -2.75. The summed E-state index contributed by atoms with van der Waals surface area (Å²) in [6.45, 7) is 0.585. The van der Waals surface area contributed by atoms with Crippen LogP contribution in [0.4, 0.5) is 30.2 Å². The van der Waals surface area contributed by atoms with Crippen molar-refractivity contribution in [2.45, 2.75) is 13.1 Å². The van der Waals surface area contributed by atoms with Crippen LogP contribution in [0.15, 0.2) is 48.5 Å². The van der Waals surface area contributed by atoms with Gasteiger partial charge in [-0.15, -0.1) is 0 Å². The fourth-order valence-electron chi connectivity index (χ4n) is 3.10. The van der Waals surface area contributed by atoms with Gasteiger partial charge < -0.3 is 9.80 Å². The molecule has 2 aromatic carbocycles. The number of anilines is 3. The van der Waals surface area contributed by atoms with Crippen molar-refractivity contribution in [2.24, 2.45) is 0 Å². The minimum atomic E-state index is -4.35. The number of carbonyl (C=O) groups is 1. The molecule has 0 atom stereocenters. The van der Waals surface area contributed by atoms with E-state index in [4.69, 9.17) is 0 Å². The van der Waals surface area contributed by atoms with Crippen LogP contribution >= 0.6 is 0 Å². The van der Waals surface area contributed by atoms with Crippen molar-refractivity contribution in [3.63, 3.8) is 0 Å². The highest BCUT2D eigenvalue weighted by molar-refractivity contribution is 7.92. The van der Waals surface area contributed by atoms with E-state index in [-0.39, 0.29) is 24.7 Å². The quantitative estimate of drug-likeness (QED) is 0.793. The summed E-state index contributed by atoms with van der Waals surface area (Å²) < 4.78 is 64.2. The predicted octanol–water partition coefficient (Wildman–Crippen LogP) is 3.48. The monoisotopic (exact) mass is 427 g/mol.